The third kappa shape index (κ3) is 16.1. The Morgan fingerprint density at radius 1 is 0.750 bits per heavy atom. The molecule has 68 heavy (non-hydrogen) atoms. The highest BCUT2D eigenvalue weighted by atomic mass is 35.5. The highest BCUT2D eigenvalue weighted by Crippen LogP contribution is 2.26. The number of hydrogen-bond donors (Lipinski definition) is 5. The van der Waals surface area contributed by atoms with Crippen LogP contribution in [0.5, 0.6) is 0 Å². The summed E-state index contributed by atoms with van der Waals surface area (Å²) in [5, 5.41) is 22.4. The maximum absolute atomic E-state index is 11.7. The number of aromatic nitrogens is 4. The number of carbonyl (C=O) groups excluding carboxylic acids is 4. The van der Waals surface area contributed by atoms with Gasteiger partial charge in [-0.25, -0.2) is 28.4 Å². The van der Waals surface area contributed by atoms with Crippen molar-refractivity contribution in [2.45, 2.75) is 51.9 Å². The van der Waals surface area contributed by atoms with Gasteiger partial charge in [0.25, 0.3) is 22.3 Å². The topological polar surface area (TPSA) is 277 Å². The maximum atomic E-state index is 11.7. The van der Waals surface area contributed by atoms with Crippen molar-refractivity contribution in [2.24, 2.45) is 0 Å². The third-order valence-electron chi connectivity index (χ3n) is 10.0. The van der Waals surface area contributed by atoms with Crippen molar-refractivity contribution in [3.8, 4) is 0 Å². The average molecular weight is 1010 g/mol. The molecule has 4 aromatic heterocycles. The predicted molar refractivity (Wildman–Crippen MR) is 265 cm³/mol. The van der Waals surface area contributed by atoms with Gasteiger partial charge in [0.1, 0.15) is 0 Å². The SMILES string of the molecule is CCN(C(C)C)C(C)C.CS(=O)(=O)c1nccc(/C=C2\SC(=O)NC2=O)n1.Cl.N=C(c1ccco1)N1CCN(c2nccc(/C=C3\SC(=O)NC3=O)n2)CC1.N=C(c1ccco1)N1CCNCC1. The average Bonchev–Trinajstić information content (AvgIpc) is 4.14. The largest absolute Gasteiger partial charge is 0.461 e. The number of sulfone groups is 1. The van der Waals surface area contributed by atoms with Crippen molar-refractivity contribution in [1.82, 2.24) is 50.6 Å². The summed E-state index contributed by atoms with van der Waals surface area (Å²) in [5.74, 6) is 1.69. The smallest absolute Gasteiger partial charge is 0.290 e. The quantitative estimate of drug-likeness (QED) is 0.0652. The van der Waals surface area contributed by atoms with E-state index in [9.17, 15) is 27.6 Å². The van der Waals surface area contributed by atoms with E-state index in [0.717, 1.165) is 62.5 Å². The summed E-state index contributed by atoms with van der Waals surface area (Å²) in [7, 11) is -3.51. The molecule has 0 unspecified atom stereocenters. The minimum atomic E-state index is -3.51. The van der Waals surface area contributed by atoms with Crippen molar-refractivity contribution in [3.05, 3.63) is 94.0 Å². The van der Waals surface area contributed by atoms with Crippen LogP contribution in [0.15, 0.2) is 85.1 Å². The first-order chi connectivity index (χ1) is 31.9. The Labute approximate surface area is 409 Å². The number of halogens is 1. The molecular formula is C43H56ClN13O8S3. The van der Waals surface area contributed by atoms with E-state index in [2.05, 4.69) is 75.4 Å². The monoisotopic (exact) mass is 1010 g/mol. The number of amides is 4. The Morgan fingerprint density at radius 3 is 1.62 bits per heavy atom. The van der Waals surface area contributed by atoms with Crippen LogP contribution in [0.4, 0.5) is 15.5 Å². The third-order valence-corrected chi connectivity index (χ3v) is 12.5. The molecule has 4 aromatic rings. The van der Waals surface area contributed by atoms with E-state index >= 15 is 0 Å². The van der Waals surface area contributed by atoms with Crippen LogP contribution in [-0.4, -0.2) is 154 Å². The van der Waals surface area contributed by atoms with Crippen LogP contribution < -0.4 is 20.9 Å². The van der Waals surface area contributed by atoms with Gasteiger partial charge < -0.3 is 28.9 Å². The number of imide groups is 2. The molecule has 4 aliphatic heterocycles. The normalized spacial score (nSPS) is 17.2. The highest BCUT2D eigenvalue weighted by molar-refractivity contribution is 8.18. The lowest BCUT2D eigenvalue weighted by atomic mass is 10.2. The van der Waals surface area contributed by atoms with E-state index < -0.39 is 26.9 Å². The van der Waals surface area contributed by atoms with Gasteiger partial charge in [0.2, 0.25) is 20.9 Å². The van der Waals surface area contributed by atoms with E-state index in [-0.39, 0.29) is 33.4 Å². The number of thioether (sulfide) groups is 2. The second kappa shape index (κ2) is 26.0. The fourth-order valence-electron chi connectivity index (χ4n) is 6.80. The van der Waals surface area contributed by atoms with Crippen LogP contribution in [0.1, 0.15) is 57.5 Å². The van der Waals surface area contributed by atoms with Gasteiger partial charge >= 0.3 is 0 Å². The molecule has 0 aromatic carbocycles. The van der Waals surface area contributed by atoms with E-state index in [1.807, 2.05) is 26.8 Å². The number of nitrogens with one attached hydrogen (secondary N) is 5. The van der Waals surface area contributed by atoms with Gasteiger partial charge in [0, 0.05) is 83.1 Å². The van der Waals surface area contributed by atoms with Gasteiger partial charge in [-0.1, -0.05) is 6.92 Å². The molecule has 366 valence electrons. The summed E-state index contributed by atoms with van der Waals surface area (Å²) >= 11 is 1.59. The molecule has 25 heteroatoms. The fourth-order valence-corrected chi connectivity index (χ4v) is 8.66. The first-order valence-corrected chi connectivity index (χ1v) is 24.8. The van der Waals surface area contributed by atoms with Crippen LogP contribution in [0, 0.1) is 10.8 Å². The number of piperazine rings is 2. The molecule has 0 aliphatic carbocycles. The molecule has 4 aliphatic rings. The summed E-state index contributed by atoms with van der Waals surface area (Å²) in [6, 6.07) is 11.7. The number of amidine groups is 2. The predicted octanol–water partition coefficient (Wildman–Crippen LogP) is 4.80. The molecule has 0 bridgehead atoms. The van der Waals surface area contributed by atoms with E-state index in [1.54, 1.807) is 43.0 Å². The molecule has 0 atom stereocenters. The van der Waals surface area contributed by atoms with Gasteiger partial charge in [-0.15, -0.1) is 12.4 Å². The fraction of sp³-hybridized carbons (Fsp3) is 0.395. The van der Waals surface area contributed by atoms with Crippen molar-refractivity contribution in [3.63, 3.8) is 0 Å². The number of anilines is 1. The molecule has 0 saturated carbocycles. The minimum absolute atomic E-state index is 0. The van der Waals surface area contributed by atoms with Crippen LogP contribution in [0.3, 0.4) is 0 Å². The van der Waals surface area contributed by atoms with E-state index in [4.69, 9.17) is 19.7 Å². The molecule has 0 spiro atoms. The number of carbonyl (C=O) groups is 4. The number of furan rings is 2. The van der Waals surface area contributed by atoms with Gasteiger partial charge in [0.15, 0.2) is 23.2 Å². The zero-order valence-corrected chi connectivity index (χ0v) is 41.7. The van der Waals surface area contributed by atoms with Crippen molar-refractivity contribution < 1.29 is 36.4 Å². The van der Waals surface area contributed by atoms with E-state index in [1.165, 1.54) is 18.3 Å². The van der Waals surface area contributed by atoms with Gasteiger partial charge in [-0.05, 0) is 106 Å². The van der Waals surface area contributed by atoms with Crippen LogP contribution in [0.25, 0.3) is 12.2 Å². The standard InChI is InChI=1S/C17H16N6O3S.C9H7N3O4S2.C9H13N3O.C8H19N.ClH/c18-14(12-2-1-9-26-12)22-5-7-23(8-6-22)16-19-4-3-11(20-16)10-13-15(24)21-17(25)27-13;1-18(15,16)8-10-3-2-5(11-8)4-6-7(13)12-9(14)17-6;10-9(8-2-1-7-13-8)12-5-3-11-4-6-12;1-6-9(7(2)3)8(4)5;/h1-4,9-10,18H,5-8H2,(H,21,24,25);2-4H,1H3,(H,12,13,14);1-2,7,10-11H,3-6H2;7-8H,6H2,1-5H3;1H/b13-10-,18-14?;6-4-;;;. The highest BCUT2D eigenvalue weighted by Gasteiger charge is 2.27. The summed E-state index contributed by atoms with van der Waals surface area (Å²) in [6.07, 6.45) is 9.97. The second-order valence-electron chi connectivity index (χ2n) is 15.4. The minimum Gasteiger partial charge on any atom is -0.461 e. The van der Waals surface area contributed by atoms with Crippen molar-refractivity contribution in [2.75, 3.05) is 70.1 Å². The van der Waals surface area contributed by atoms with Gasteiger partial charge in [-0.3, -0.25) is 45.5 Å². The Bertz CT molecular complexity index is 2540. The number of hydrogen-bond acceptors (Lipinski definition) is 19. The Kier molecular flexibility index (Phi) is 20.9. The molecule has 0 radical (unpaired) electrons. The van der Waals surface area contributed by atoms with Crippen LogP contribution in [-0.2, 0) is 19.4 Å². The summed E-state index contributed by atoms with van der Waals surface area (Å²) in [5.41, 5.74) is 0.816. The first-order valence-electron chi connectivity index (χ1n) is 21.3. The van der Waals surface area contributed by atoms with Crippen LogP contribution in [0.2, 0.25) is 0 Å². The molecular weight excluding hydrogens is 958 g/mol. The zero-order valence-electron chi connectivity index (χ0n) is 38.4. The number of nitrogens with zero attached hydrogens (tertiary/aromatic N) is 8. The molecule has 21 nitrogen and oxygen atoms in total. The zero-order chi connectivity index (χ0) is 48.7. The van der Waals surface area contributed by atoms with Crippen molar-refractivity contribution >= 4 is 97.8 Å². The summed E-state index contributed by atoms with van der Waals surface area (Å²) in [4.78, 5) is 70.3. The van der Waals surface area contributed by atoms with Gasteiger partial charge in [0.05, 0.1) is 33.7 Å². The second-order valence-corrected chi connectivity index (χ2v) is 19.3. The molecule has 8 heterocycles. The van der Waals surface area contributed by atoms with Crippen LogP contribution >= 0.6 is 35.9 Å². The Morgan fingerprint density at radius 2 is 1.22 bits per heavy atom. The molecule has 5 N–H and O–H groups in total. The summed E-state index contributed by atoms with van der Waals surface area (Å²) < 4.78 is 33.0. The molecule has 8 rings (SSSR count). The number of rotatable bonds is 9. The van der Waals surface area contributed by atoms with E-state index in [0.29, 0.717) is 78.0 Å². The lowest BCUT2D eigenvalue weighted by Crippen LogP contribution is -2.49. The van der Waals surface area contributed by atoms with Gasteiger partial charge in [-0.2, -0.15) is 0 Å². The molecule has 4 fully saturated rings. The van der Waals surface area contributed by atoms with Crippen molar-refractivity contribution in [1.29, 1.82) is 10.8 Å². The lowest BCUT2D eigenvalue weighted by molar-refractivity contribution is -0.116. The molecule has 4 saturated heterocycles. The maximum Gasteiger partial charge on any atom is 0.290 e. The summed E-state index contributed by atoms with van der Waals surface area (Å²) in [6.45, 7) is 18.6. The Hall–Kier alpha value is -5.92. The first kappa shape index (κ1) is 54.7. The lowest BCUT2D eigenvalue weighted by Gasteiger charge is -2.35. The molecule has 4 amide bonds. The Balaban J connectivity index is 0.000000213.